The van der Waals surface area contributed by atoms with Crippen molar-refractivity contribution < 1.29 is 9.47 Å². The predicted molar refractivity (Wildman–Crippen MR) is 72.9 cm³/mol. The number of ether oxygens (including phenoxy) is 2. The second-order valence-electron chi connectivity index (χ2n) is 5.03. The van der Waals surface area contributed by atoms with Crippen LogP contribution in [0.15, 0.2) is 18.2 Å². The largest absolute Gasteiger partial charge is 0.490 e. The molecule has 0 saturated carbocycles. The Balaban J connectivity index is 2.11. The summed E-state index contributed by atoms with van der Waals surface area (Å²) in [5.74, 6) is 1.01. The Kier molecular flexibility index (Phi) is 4.61. The van der Waals surface area contributed by atoms with E-state index in [1.807, 2.05) is 6.07 Å². The molecule has 0 bridgehead atoms. The van der Waals surface area contributed by atoms with Crippen molar-refractivity contribution in [3.63, 3.8) is 0 Å². The molecular formula is C15H23NO2. The van der Waals surface area contributed by atoms with Gasteiger partial charge in [0.15, 0.2) is 0 Å². The van der Waals surface area contributed by atoms with Crippen LogP contribution in [-0.2, 0) is 11.2 Å². The van der Waals surface area contributed by atoms with E-state index in [9.17, 15) is 0 Å². The van der Waals surface area contributed by atoms with Gasteiger partial charge in [0.1, 0.15) is 5.75 Å². The molecule has 2 atom stereocenters. The van der Waals surface area contributed by atoms with Gasteiger partial charge in [-0.25, -0.2) is 0 Å². The molecule has 3 heteroatoms. The zero-order chi connectivity index (χ0) is 13.0. The minimum Gasteiger partial charge on any atom is -0.490 e. The van der Waals surface area contributed by atoms with Crippen LogP contribution in [0.3, 0.4) is 0 Å². The van der Waals surface area contributed by atoms with Crippen molar-refractivity contribution >= 4 is 0 Å². The van der Waals surface area contributed by atoms with Gasteiger partial charge in [-0.3, -0.25) is 0 Å². The van der Waals surface area contributed by atoms with Crippen molar-refractivity contribution in [1.29, 1.82) is 0 Å². The Morgan fingerprint density at radius 2 is 2.28 bits per heavy atom. The highest BCUT2D eigenvalue weighted by Gasteiger charge is 2.20. The average molecular weight is 249 g/mol. The summed E-state index contributed by atoms with van der Waals surface area (Å²) in [4.78, 5) is 0. The highest BCUT2D eigenvalue weighted by Crippen LogP contribution is 2.34. The fraction of sp³-hybridized carbons (Fsp3) is 0.600. The molecule has 0 amide bonds. The Hall–Kier alpha value is -1.06. The SMILES string of the molecule is COCCC(C)Oc1cccc2c1CCCC2N. The monoisotopic (exact) mass is 249 g/mol. The van der Waals surface area contributed by atoms with Crippen molar-refractivity contribution in [2.45, 2.75) is 44.8 Å². The first-order valence-corrected chi connectivity index (χ1v) is 6.75. The van der Waals surface area contributed by atoms with Crippen LogP contribution in [0.4, 0.5) is 0 Å². The Morgan fingerprint density at radius 3 is 3.06 bits per heavy atom. The topological polar surface area (TPSA) is 44.5 Å². The number of methoxy groups -OCH3 is 1. The summed E-state index contributed by atoms with van der Waals surface area (Å²) in [7, 11) is 1.72. The summed E-state index contributed by atoms with van der Waals surface area (Å²) in [6.07, 6.45) is 4.40. The first kappa shape index (κ1) is 13.4. The number of rotatable bonds is 5. The molecule has 1 aromatic rings. The van der Waals surface area contributed by atoms with Crippen molar-refractivity contribution in [3.8, 4) is 5.75 Å². The minimum atomic E-state index is 0.173. The second-order valence-corrected chi connectivity index (χ2v) is 5.03. The molecule has 0 heterocycles. The number of fused-ring (bicyclic) bond motifs is 1. The maximum Gasteiger partial charge on any atom is 0.123 e. The van der Waals surface area contributed by atoms with Crippen LogP contribution in [0.1, 0.15) is 43.4 Å². The summed E-state index contributed by atoms with van der Waals surface area (Å²) in [5.41, 5.74) is 8.72. The molecule has 2 unspecified atom stereocenters. The van der Waals surface area contributed by atoms with Gasteiger partial charge < -0.3 is 15.2 Å². The maximum absolute atomic E-state index is 6.15. The van der Waals surface area contributed by atoms with E-state index in [0.717, 1.165) is 38.0 Å². The van der Waals surface area contributed by atoms with Gasteiger partial charge in [-0.05, 0) is 43.4 Å². The van der Waals surface area contributed by atoms with Crippen molar-refractivity contribution in [1.82, 2.24) is 0 Å². The predicted octanol–water partition coefficient (Wildman–Crippen LogP) is 2.83. The fourth-order valence-electron chi connectivity index (χ4n) is 2.52. The molecule has 1 aromatic carbocycles. The molecule has 0 spiro atoms. The molecule has 0 fully saturated rings. The molecule has 0 aromatic heterocycles. The normalized spacial score (nSPS) is 20.3. The van der Waals surface area contributed by atoms with Gasteiger partial charge in [0.25, 0.3) is 0 Å². The standard InChI is InChI=1S/C15H23NO2/c1-11(9-10-17-2)18-15-8-4-5-12-13(15)6-3-7-14(12)16/h4-5,8,11,14H,3,6-7,9-10,16H2,1-2H3. The molecular weight excluding hydrogens is 226 g/mol. The molecule has 18 heavy (non-hydrogen) atoms. The molecule has 2 rings (SSSR count). The minimum absolute atomic E-state index is 0.173. The lowest BCUT2D eigenvalue weighted by atomic mass is 9.87. The zero-order valence-corrected chi connectivity index (χ0v) is 11.3. The number of benzene rings is 1. The summed E-state index contributed by atoms with van der Waals surface area (Å²) in [6, 6.07) is 6.40. The zero-order valence-electron chi connectivity index (χ0n) is 11.3. The van der Waals surface area contributed by atoms with Crippen LogP contribution in [-0.4, -0.2) is 19.8 Å². The van der Waals surface area contributed by atoms with Gasteiger partial charge in [0.05, 0.1) is 6.10 Å². The lowest BCUT2D eigenvalue weighted by Gasteiger charge is -2.25. The smallest absolute Gasteiger partial charge is 0.123 e. The Morgan fingerprint density at radius 1 is 1.44 bits per heavy atom. The number of hydrogen-bond donors (Lipinski definition) is 1. The first-order valence-electron chi connectivity index (χ1n) is 6.75. The Bertz CT molecular complexity index is 392. The van der Waals surface area contributed by atoms with Crippen LogP contribution >= 0.6 is 0 Å². The van der Waals surface area contributed by atoms with E-state index in [-0.39, 0.29) is 12.1 Å². The molecule has 2 N–H and O–H groups in total. The maximum atomic E-state index is 6.15. The van der Waals surface area contributed by atoms with E-state index in [1.165, 1.54) is 11.1 Å². The van der Waals surface area contributed by atoms with Crippen LogP contribution < -0.4 is 10.5 Å². The third kappa shape index (κ3) is 3.03. The fourth-order valence-corrected chi connectivity index (χ4v) is 2.52. The van der Waals surface area contributed by atoms with E-state index < -0.39 is 0 Å². The average Bonchev–Trinajstić information content (AvgIpc) is 2.38. The molecule has 1 aliphatic carbocycles. The second kappa shape index (κ2) is 6.21. The third-order valence-electron chi connectivity index (χ3n) is 3.57. The molecule has 0 saturated heterocycles. The summed E-state index contributed by atoms with van der Waals surface area (Å²) in [5, 5.41) is 0. The summed E-state index contributed by atoms with van der Waals surface area (Å²) in [6.45, 7) is 2.82. The van der Waals surface area contributed by atoms with E-state index in [4.69, 9.17) is 15.2 Å². The molecule has 0 radical (unpaired) electrons. The quantitative estimate of drug-likeness (QED) is 0.872. The molecule has 1 aliphatic rings. The van der Waals surface area contributed by atoms with E-state index in [0.29, 0.717) is 0 Å². The van der Waals surface area contributed by atoms with Gasteiger partial charge in [-0.15, -0.1) is 0 Å². The summed E-state index contributed by atoms with van der Waals surface area (Å²) >= 11 is 0. The van der Waals surface area contributed by atoms with E-state index >= 15 is 0 Å². The van der Waals surface area contributed by atoms with Gasteiger partial charge in [-0.2, -0.15) is 0 Å². The number of hydrogen-bond acceptors (Lipinski definition) is 3. The van der Waals surface area contributed by atoms with Crippen molar-refractivity contribution in [3.05, 3.63) is 29.3 Å². The van der Waals surface area contributed by atoms with Crippen molar-refractivity contribution in [2.75, 3.05) is 13.7 Å². The lowest BCUT2D eigenvalue weighted by molar-refractivity contribution is 0.134. The van der Waals surface area contributed by atoms with Crippen LogP contribution in [0, 0.1) is 0 Å². The third-order valence-corrected chi connectivity index (χ3v) is 3.57. The van der Waals surface area contributed by atoms with Gasteiger partial charge in [0.2, 0.25) is 0 Å². The van der Waals surface area contributed by atoms with Gasteiger partial charge in [0, 0.05) is 26.2 Å². The van der Waals surface area contributed by atoms with Crippen LogP contribution in [0.5, 0.6) is 5.75 Å². The highest BCUT2D eigenvalue weighted by atomic mass is 16.5. The lowest BCUT2D eigenvalue weighted by Crippen LogP contribution is -2.20. The van der Waals surface area contributed by atoms with Crippen LogP contribution in [0.2, 0.25) is 0 Å². The molecule has 0 aliphatic heterocycles. The van der Waals surface area contributed by atoms with E-state index in [2.05, 4.69) is 19.1 Å². The highest BCUT2D eigenvalue weighted by molar-refractivity contribution is 5.43. The first-order chi connectivity index (χ1) is 8.72. The van der Waals surface area contributed by atoms with E-state index in [1.54, 1.807) is 7.11 Å². The van der Waals surface area contributed by atoms with Crippen LogP contribution in [0.25, 0.3) is 0 Å². The van der Waals surface area contributed by atoms with Crippen molar-refractivity contribution in [2.24, 2.45) is 5.73 Å². The summed E-state index contributed by atoms with van der Waals surface area (Å²) < 4.78 is 11.1. The van der Waals surface area contributed by atoms with Gasteiger partial charge in [-0.1, -0.05) is 12.1 Å². The van der Waals surface area contributed by atoms with Gasteiger partial charge >= 0.3 is 0 Å². The molecule has 3 nitrogen and oxygen atoms in total. The molecule has 100 valence electrons. The number of nitrogens with two attached hydrogens (primary N) is 1. The Labute approximate surface area is 109 Å².